The average Bonchev–Trinajstić information content (AvgIpc) is 2.87. The molecule has 2 N–H and O–H groups in total. The van der Waals surface area contributed by atoms with Gasteiger partial charge in [0.25, 0.3) is 0 Å². The number of halogens is 2. The summed E-state index contributed by atoms with van der Waals surface area (Å²) < 4.78 is 21.0. The standard InChI is InChI=1S/C14H15BrFN3O2/c1-14(17,10-5-9(15)3-4-11(10)16)7-19-8-18-6-12(19)13(20)21-2/h3-6,8H,7,17H2,1-2H3/t14-/m0/s1. The number of methoxy groups -OCH3 is 1. The molecule has 0 saturated heterocycles. The topological polar surface area (TPSA) is 70.1 Å². The van der Waals surface area contributed by atoms with Crippen molar-refractivity contribution in [2.24, 2.45) is 5.73 Å². The Hall–Kier alpha value is -1.73. The SMILES string of the molecule is COC(=O)c1cncn1C[C@](C)(N)c1cc(Br)ccc1F. The van der Waals surface area contributed by atoms with Crippen LogP contribution in [0.2, 0.25) is 0 Å². The van der Waals surface area contributed by atoms with Gasteiger partial charge in [-0.1, -0.05) is 15.9 Å². The highest BCUT2D eigenvalue weighted by Crippen LogP contribution is 2.26. The van der Waals surface area contributed by atoms with E-state index in [1.807, 2.05) is 0 Å². The first-order valence-electron chi connectivity index (χ1n) is 6.18. The molecule has 1 atom stereocenters. The summed E-state index contributed by atoms with van der Waals surface area (Å²) in [5.74, 6) is -0.916. The number of carbonyl (C=O) groups is 1. The first-order chi connectivity index (χ1) is 9.85. The lowest BCUT2D eigenvalue weighted by atomic mass is 9.92. The molecule has 0 spiro atoms. The lowest BCUT2D eigenvalue weighted by Crippen LogP contribution is -2.39. The number of nitrogens with two attached hydrogens (primary N) is 1. The Morgan fingerprint density at radius 1 is 1.57 bits per heavy atom. The largest absolute Gasteiger partial charge is 0.464 e. The predicted octanol–water partition coefficient (Wildman–Crippen LogP) is 2.45. The summed E-state index contributed by atoms with van der Waals surface area (Å²) in [7, 11) is 1.29. The maximum Gasteiger partial charge on any atom is 0.356 e. The number of esters is 1. The van der Waals surface area contributed by atoms with Gasteiger partial charge in [0.1, 0.15) is 11.5 Å². The van der Waals surface area contributed by atoms with Gasteiger partial charge in [-0.15, -0.1) is 0 Å². The van der Waals surface area contributed by atoms with E-state index in [1.165, 1.54) is 25.7 Å². The molecule has 1 aromatic heterocycles. The van der Waals surface area contributed by atoms with E-state index in [-0.39, 0.29) is 12.2 Å². The number of nitrogens with zero attached hydrogens (tertiary/aromatic N) is 2. The summed E-state index contributed by atoms with van der Waals surface area (Å²) in [6.45, 7) is 1.88. The van der Waals surface area contributed by atoms with E-state index in [1.54, 1.807) is 23.6 Å². The van der Waals surface area contributed by atoms with E-state index in [0.717, 1.165) is 4.47 Å². The fraction of sp³-hybridized carbons (Fsp3) is 0.286. The molecule has 0 unspecified atom stereocenters. The summed E-state index contributed by atoms with van der Waals surface area (Å²) in [5, 5.41) is 0. The van der Waals surface area contributed by atoms with Gasteiger partial charge in [-0.2, -0.15) is 0 Å². The second-order valence-corrected chi connectivity index (χ2v) is 5.86. The van der Waals surface area contributed by atoms with E-state index in [2.05, 4.69) is 25.7 Å². The molecule has 1 heterocycles. The van der Waals surface area contributed by atoms with Crippen molar-refractivity contribution in [3.8, 4) is 0 Å². The van der Waals surface area contributed by atoms with Gasteiger partial charge in [0.05, 0.1) is 25.2 Å². The lowest BCUT2D eigenvalue weighted by molar-refractivity contribution is 0.0587. The van der Waals surface area contributed by atoms with Crippen LogP contribution in [0.5, 0.6) is 0 Å². The summed E-state index contributed by atoms with van der Waals surface area (Å²) in [5.41, 5.74) is 5.85. The number of imidazole rings is 1. The third-order valence-electron chi connectivity index (χ3n) is 3.15. The molecule has 0 aliphatic heterocycles. The summed E-state index contributed by atoms with van der Waals surface area (Å²) in [4.78, 5) is 15.5. The number of ether oxygens (including phenoxy) is 1. The second kappa shape index (κ2) is 5.95. The second-order valence-electron chi connectivity index (χ2n) is 4.94. The molecule has 2 aromatic rings. The predicted molar refractivity (Wildman–Crippen MR) is 79.2 cm³/mol. The third-order valence-corrected chi connectivity index (χ3v) is 3.64. The molecule has 0 aliphatic carbocycles. The molecular weight excluding hydrogens is 341 g/mol. The average molecular weight is 356 g/mol. The first-order valence-corrected chi connectivity index (χ1v) is 6.97. The van der Waals surface area contributed by atoms with Gasteiger partial charge in [-0.25, -0.2) is 14.2 Å². The minimum absolute atomic E-state index is 0.185. The van der Waals surface area contributed by atoms with Crippen LogP contribution in [-0.2, 0) is 16.8 Å². The third kappa shape index (κ3) is 3.30. The lowest BCUT2D eigenvalue weighted by Gasteiger charge is -2.27. The van der Waals surface area contributed by atoms with Crippen LogP contribution < -0.4 is 5.73 Å². The highest BCUT2D eigenvalue weighted by molar-refractivity contribution is 9.10. The van der Waals surface area contributed by atoms with Crippen LogP contribution in [0, 0.1) is 5.82 Å². The van der Waals surface area contributed by atoms with Gasteiger partial charge < -0.3 is 15.0 Å². The van der Waals surface area contributed by atoms with Crippen LogP contribution in [0.4, 0.5) is 4.39 Å². The molecule has 0 saturated carbocycles. The van der Waals surface area contributed by atoms with Crippen molar-refractivity contribution in [3.63, 3.8) is 0 Å². The van der Waals surface area contributed by atoms with Crippen molar-refractivity contribution in [1.82, 2.24) is 9.55 Å². The molecule has 5 nitrogen and oxygen atoms in total. The minimum atomic E-state index is -1.02. The van der Waals surface area contributed by atoms with Gasteiger partial charge in [-0.3, -0.25) is 0 Å². The number of hydrogen-bond donors (Lipinski definition) is 1. The number of rotatable bonds is 4. The van der Waals surface area contributed by atoms with Crippen molar-refractivity contribution in [2.75, 3.05) is 7.11 Å². The van der Waals surface area contributed by atoms with Crippen LogP contribution in [-0.4, -0.2) is 22.6 Å². The Kier molecular flexibility index (Phi) is 4.43. The number of carbonyl (C=O) groups excluding carboxylic acids is 1. The van der Waals surface area contributed by atoms with Crippen LogP contribution in [0.3, 0.4) is 0 Å². The molecular formula is C14H15BrFN3O2. The van der Waals surface area contributed by atoms with Gasteiger partial charge in [0.2, 0.25) is 0 Å². The molecule has 0 bridgehead atoms. The molecule has 0 amide bonds. The highest BCUT2D eigenvalue weighted by atomic mass is 79.9. The molecule has 2 rings (SSSR count). The smallest absolute Gasteiger partial charge is 0.356 e. The number of hydrogen-bond acceptors (Lipinski definition) is 4. The van der Waals surface area contributed by atoms with Crippen LogP contribution in [0.25, 0.3) is 0 Å². The molecule has 0 fully saturated rings. The zero-order valence-electron chi connectivity index (χ0n) is 11.6. The van der Waals surface area contributed by atoms with Crippen LogP contribution in [0.15, 0.2) is 35.2 Å². The number of benzene rings is 1. The normalized spacial score (nSPS) is 13.8. The Labute approximate surface area is 130 Å². The van der Waals surface area contributed by atoms with E-state index >= 15 is 0 Å². The maximum atomic E-state index is 14.0. The van der Waals surface area contributed by atoms with E-state index in [9.17, 15) is 9.18 Å². The van der Waals surface area contributed by atoms with Crippen LogP contribution in [0.1, 0.15) is 23.0 Å². The Morgan fingerprint density at radius 3 is 2.95 bits per heavy atom. The van der Waals surface area contributed by atoms with E-state index < -0.39 is 17.3 Å². The fourth-order valence-corrected chi connectivity index (χ4v) is 2.46. The summed E-state index contributed by atoms with van der Waals surface area (Å²) in [6.07, 6.45) is 2.85. The molecule has 1 aromatic carbocycles. The van der Waals surface area contributed by atoms with Gasteiger partial charge in [-0.05, 0) is 25.1 Å². The van der Waals surface area contributed by atoms with E-state index in [4.69, 9.17) is 5.73 Å². The van der Waals surface area contributed by atoms with Crippen LogP contribution >= 0.6 is 15.9 Å². The summed E-state index contributed by atoms with van der Waals surface area (Å²) in [6, 6.07) is 4.58. The van der Waals surface area contributed by atoms with Crippen molar-refractivity contribution in [3.05, 3.63) is 52.3 Å². The summed E-state index contributed by atoms with van der Waals surface area (Å²) >= 11 is 3.30. The number of aromatic nitrogens is 2. The van der Waals surface area contributed by atoms with Gasteiger partial charge >= 0.3 is 5.97 Å². The molecule has 112 valence electrons. The zero-order valence-corrected chi connectivity index (χ0v) is 13.2. The van der Waals surface area contributed by atoms with Gasteiger partial charge in [0.15, 0.2) is 0 Å². The fourth-order valence-electron chi connectivity index (χ4n) is 2.10. The molecule has 21 heavy (non-hydrogen) atoms. The monoisotopic (exact) mass is 355 g/mol. The van der Waals surface area contributed by atoms with Crippen molar-refractivity contribution in [1.29, 1.82) is 0 Å². The molecule has 0 radical (unpaired) electrons. The quantitative estimate of drug-likeness (QED) is 0.855. The van der Waals surface area contributed by atoms with Crippen molar-refractivity contribution < 1.29 is 13.9 Å². The Morgan fingerprint density at radius 2 is 2.29 bits per heavy atom. The van der Waals surface area contributed by atoms with Gasteiger partial charge in [0, 0.05) is 16.6 Å². The Balaban J connectivity index is 2.35. The molecule has 7 heteroatoms. The van der Waals surface area contributed by atoms with E-state index in [0.29, 0.717) is 5.56 Å². The van der Waals surface area contributed by atoms with Crippen molar-refractivity contribution in [2.45, 2.75) is 19.0 Å². The Bertz CT molecular complexity index is 670. The minimum Gasteiger partial charge on any atom is -0.464 e. The molecule has 0 aliphatic rings. The zero-order chi connectivity index (χ0) is 15.6. The van der Waals surface area contributed by atoms with Crippen molar-refractivity contribution >= 4 is 21.9 Å². The first kappa shape index (κ1) is 15.7. The highest BCUT2D eigenvalue weighted by Gasteiger charge is 2.27. The maximum absolute atomic E-state index is 14.0.